The Bertz CT molecular complexity index is 785. The van der Waals surface area contributed by atoms with Crippen LogP contribution in [0, 0.1) is 12.7 Å². The Hall–Kier alpha value is -1.53. The van der Waals surface area contributed by atoms with Gasteiger partial charge in [0, 0.05) is 14.9 Å². The van der Waals surface area contributed by atoms with E-state index in [0.29, 0.717) is 16.1 Å². The highest BCUT2D eigenvalue weighted by atomic mass is 79.9. The number of thiophene rings is 1. The zero-order valence-corrected chi connectivity index (χ0v) is 12.3. The third-order valence-electron chi connectivity index (χ3n) is 2.72. The number of aromatic nitrogens is 2. The molecule has 0 fully saturated rings. The van der Waals surface area contributed by atoms with E-state index < -0.39 is 0 Å². The average molecular weight is 338 g/mol. The second-order valence-electron chi connectivity index (χ2n) is 4.13. The fourth-order valence-electron chi connectivity index (χ4n) is 1.86. The third kappa shape index (κ3) is 2.21. The van der Waals surface area contributed by atoms with Crippen LogP contribution in [0.3, 0.4) is 0 Å². The Labute approximate surface area is 121 Å². The van der Waals surface area contributed by atoms with E-state index in [4.69, 9.17) is 5.73 Å². The minimum atomic E-state index is -0.309. The number of halogens is 2. The van der Waals surface area contributed by atoms with Crippen LogP contribution in [-0.4, -0.2) is 9.97 Å². The van der Waals surface area contributed by atoms with E-state index >= 15 is 0 Å². The Kier molecular flexibility index (Phi) is 2.99. The fraction of sp³-hybridized carbons (Fsp3) is 0.0769. The molecule has 2 N–H and O–H groups in total. The van der Waals surface area contributed by atoms with Crippen LogP contribution in [0.15, 0.2) is 28.7 Å². The van der Waals surface area contributed by atoms with Crippen LogP contribution in [0.25, 0.3) is 21.6 Å². The Morgan fingerprint density at radius 2 is 2.05 bits per heavy atom. The molecule has 3 rings (SSSR count). The highest BCUT2D eigenvalue weighted by molar-refractivity contribution is 9.10. The average Bonchev–Trinajstić information content (AvgIpc) is 2.70. The van der Waals surface area contributed by atoms with Gasteiger partial charge in [-0.25, -0.2) is 14.4 Å². The maximum absolute atomic E-state index is 13.1. The molecule has 6 heteroatoms. The van der Waals surface area contributed by atoms with Crippen molar-refractivity contribution in [1.29, 1.82) is 0 Å². The number of anilines is 1. The number of nitrogen functional groups attached to an aromatic ring is 1. The minimum absolute atomic E-state index is 0.309. The molecule has 3 nitrogen and oxygen atoms in total. The van der Waals surface area contributed by atoms with E-state index in [2.05, 4.69) is 25.9 Å². The van der Waals surface area contributed by atoms with Gasteiger partial charge in [0.05, 0.1) is 5.39 Å². The van der Waals surface area contributed by atoms with Crippen molar-refractivity contribution in [3.8, 4) is 11.4 Å². The maximum atomic E-state index is 13.1. The summed E-state index contributed by atoms with van der Waals surface area (Å²) in [6, 6.07) is 6.38. The minimum Gasteiger partial charge on any atom is -0.383 e. The molecule has 3 aromatic rings. The van der Waals surface area contributed by atoms with Gasteiger partial charge in [-0.3, -0.25) is 0 Å². The molecule has 0 radical (unpaired) electrons. The summed E-state index contributed by atoms with van der Waals surface area (Å²) in [6.07, 6.45) is 0. The second-order valence-corrected chi connectivity index (χ2v) is 6.22. The number of rotatable bonds is 1. The molecule has 2 aromatic heterocycles. The molecular weight excluding hydrogens is 329 g/mol. The molecule has 0 unspecified atom stereocenters. The lowest BCUT2D eigenvalue weighted by Crippen LogP contribution is -1.96. The number of nitrogens with zero attached hydrogens (tertiary/aromatic N) is 2. The summed E-state index contributed by atoms with van der Waals surface area (Å²) in [5.74, 6) is 0.635. The van der Waals surface area contributed by atoms with Crippen LogP contribution < -0.4 is 5.73 Å². The van der Waals surface area contributed by atoms with Crippen LogP contribution in [0.5, 0.6) is 0 Å². The topological polar surface area (TPSA) is 51.8 Å². The first-order valence-electron chi connectivity index (χ1n) is 5.53. The first kappa shape index (κ1) is 12.5. The fourth-order valence-corrected chi connectivity index (χ4v) is 3.27. The SMILES string of the molecule is Cc1cc2c(N)nc(-c3ccc(F)cc3Br)nc2s1. The van der Waals surface area contributed by atoms with Crippen molar-refractivity contribution in [2.75, 3.05) is 5.73 Å². The summed E-state index contributed by atoms with van der Waals surface area (Å²) in [5, 5.41) is 0.865. The number of benzene rings is 1. The molecule has 2 heterocycles. The van der Waals surface area contributed by atoms with Gasteiger partial charge in [0.2, 0.25) is 0 Å². The molecule has 0 saturated heterocycles. The highest BCUT2D eigenvalue weighted by Crippen LogP contribution is 2.32. The van der Waals surface area contributed by atoms with Crippen LogP contribution >= 0.6 is 27.3 Å². The van der Waals surface area contributed by atoms with E-state index in [9.17, 15) is 4.39 Å². The van der Waals surface area contributed by atoms with Crippen molar-refractivity contribution >= 4 is 43.3 Å². The number of fused-ring (bicyclic) bond motifs is 1. The van der Waals surface area contributed by atoms with Crippen molar-refractivity contribution in [3.05, 3.63) is 39.4 Å². The van der Waals surface area contributed by atoms with Crippen LogP contribution in [0.4, 0.5) is 10.2 Å². The first-order valence-corrected chi connectivity index (χ1v) is 7.14. The lowest BCUT2D eigenvalue weighted by Gasteiger charge is -2.05. The summed E-state index contributed by atoms with van der Waals surface area (Å²) < 4.78 is 13.7. The third-order valence-corrected chi connectivity index (χ3v) is 4.32. The standard InChI is InChI=1S/C13H9BrFN3S/c1-6-4-9-11(16)17-12(18-13(9)19-6)8-3-2-7(15)5-10(8)14/h2-5H,1H3,(H2,16,17,18). The lowest BCUT2D eigenvalue weighted by molar-refractivity contribution is 0.627. The summed E-state index contributed by atoms with van der Waals surface area (Å²) >= 11 is 4.88. The molecule has 0 aliphatic rings. The molecule has 0 amide bonds. The van der Waals surface area contributed by atoms with Gasteiger partial charge in [-0.15, -0.1) is 11.3 Å². The quantitative estimate of drug-likeness (QED) is 0.725. The van der Waals surface area contributed by atoms with Gasteiger partial charge in [-0.05, 0) is 47.1 Å². The van der Waals surface area contributed by atoms with Crippen molar-refractivity contribution in [2.24, 2.45) is 0 Å². The predicted octanol–water partition coefficient (Wildman–Crippen LogP) is 4.15. The lowest BCUT2D eigenvalue weighted by atomic mass is 10.2. The predicted molar refractivity (Wildman–Crippen MR) is 79.7 cm³/mol. The maximum Gasteiger partial charge on any atom is 0.164 e. The Balaban J connectivity index is 2.25. The number of aryl methyl sites for hydroxylation is 1. The molecule has 0 bridgehead atoms. The molecule has 96 valence electrons. The number of hydrogen-bond donors (Lipinski definition) is 1. The number of hydrogen-bond acceptors (Lipinski definition) is 4. The van der Waals surface area contributed by atoms with Crippen LogP contribution in [-0.2, 0) is 0 Å². The molecule has 0 spiro atoms. The number of nitrogens with two attached hydrogens (primary N) is 1. The molecular formula is C13H9BrFN3S. The van der Waals surface area contributed by atoms with Crippen molar-refractivity contribution in [2.45, 2.75) is 6.92 Å². The molecule has 0 atom stereocenters. The van der Waals surface area contributed by atoms with E-state index in [1.165, 1.54) is 12.1 Å². The molecule has 0 aliphatic heterocycles. The smallest absolute Gasteiger partial charge is 0.164 e. The molecule has 19 heavy (non-hydrogen) atoms. The molecule has 0 aliphatic carbocycles. The molecule has 1 aromatic carbocycles. The summed E-state index contributed by atoms with van der Waals surface area (Å²) in [5.41, 5.74) is 6.68. The largest absolute Gasteiger partial charge is 0.383 e. The zero-order chi connectivity index (χ0) is 13.6. The van der Waals surface area contributed by atoms with Crippen molar-refractivity contribution in [3.63, 3.8) is 0 Å². The van der Waals surface area contributed by atoms with Gasteiger partial charge in [-0.2, -0.15) is 0 Å². The Morgan fingerprint density at radius 1 is 1.26 bits per heavy atom. The van der Waals surface area contributed by atoms with Gasteiger partial charge in [0.25, 0.3) is 0 Å². The van der Waals surface area contributed by atoms with E-state index in [1.54, 1.807) is 17.4 Å². The van der Waals surface area contributed by atoms with E-state index in [-0.39, 0.29) is 5.82 Å². The summed E-state index contributed by atoms with van der Waals surface area (Å²) in [6.45, 7) is 2.00. The first-order chi connectivity index (χ1) is 9.04. The van der Waals surface area contributed by atoms with Crippen LogP contribution in [0.2, 0.25) is 0 Å². The molecule has 0 saturated carbocycles. The van der Waals surface area contributed by atoms with Crippen LogP contribution in [0.1, 0.15) is 4.88 Å². The van der Waals surface area contributed by atoms with Crippen molar-refractivity contribution < 1.29 is 4.39 Å². The van der Waals surface area contributed by atoms with E-state index in [0.717, 1.165) is 20.7 Å². The van der Waals surface area contributed by atoms with E-state index in [1.807, 2.05) is 13.0 Å². The highest BCUT2D eigenvalue weighted by Gasteiger charge is 2.12. The van der Waals surface area contributed by atoms with Gasteiger partial charge < -0.3 is 5.73 Å². The monoisotopic (exact) mass is 337 g/mol. The van der Waals surface area contributed by atoms with Gasteiger partial charge in [0.1, 0.15) is 16.5 Å². The van der Waals surface area contributed by atoms with Gasteiger partial charge >= 0.3 is 0 Å². The van der Waals surface area contributed by atoms with Gasteiger partial charge in [0.15, 0.2) is 5.82 Å². The summed E-state index contributed by atoms with van der Waals surface area (Å²) in [7, 11) is 0. The summed E-state index contributed by atoms with van der Waals surface area (Å²) in [4.78, 5) is 10.8. The zero-order valence-electron chi connectivity index (χ0n) is 9.95. The van der Waals surface area contributed by atoms with Crippen molar-refractivity contribution in [1.82, 2.24) is 9.97 Å². The normalized spacial score (nSPS) is 11.1. The Morgan fingerprint density at radius 3 is 2.79 bits per heavy atom. The van der Waals surface area contributed by atoms with Gasteiger partial charge in [-0.1, -0.05) is 0 Å². The second kappa shape index (κ2) is 4.54.